The highest BCUT2D eigenvalue weighted by Crippen LogP contribution is 2.31. The SMILES string of the molecule is Cc1c(C#N)ccc(OC2CCC(NC(=O)c3ccc(N4C[C@@H](C)C(CO)[C@@H](C)C4)nn3)CC2)c1C. The molecule has 0 radical (unpaired) electrons. The average Bonchev–Trinajstić information content (AvgIpc) is 2.88. The van der Waals surface area contributed by atoms with Crippen LogP contribution in [-0.4, -0.2) is 53.1 Å². The minimum Gasteiger partial charge on any atom is -0.490 e. The Morgan fingerprint density at radius 1 is 1.08 bits per heavy atom. The summed E-state index contributed by atoms with van der Waals surface area (Å²) in [5.74, 6) is 2.45. The van der Waals surface area contributed by atoms with Crippen molar-refractivity contribution < 1.29 is 14.6 Å². The second-order valence-electron chi connectivity index (χ2n) is 10.5. The molecule has 2 N–H and O–H groups in total. The molecule has 4 rings (SSSR count). The van der Waals surface area contributed by atoms with E-state index in [0.717, 1.165) is 61.5 Å². The number of aliphatic hydroxyl groups is 1. The summed E-state index contributed by atoms with van der Waals surface area (Å²) in [5.41, 5.74) is 2.97. The van der Waals surface area contributed by atoms with Gasteiger partial charge in [-0.05, 0) is 92.7 Å². The van der Waals surface area contributed by atoms with E-state index >= 15 is 0 Å². The zero-order valence-corrected chi connectivity index (χ0v) is 21.7. The van der Waals surface area contributed by atoms with Crippen molar-refractivity contribution in [2.45, 2.75) is 65.5 Å². The standard InChI is InChI=1S/C28H37N5O3/c1-17-14-33(15-18(2)24(17)16-34)27-12-10-25(31-32-27)28(35)30-22-6-8-23(9-7-22)36-26-11-5-21(13-29)19(3)20(26)4/h5,10-12,17-18,22-24,34H,6-9,14-16H2,1-4H3,(H,30,35)/t17-,18+,22?,23?,24?. The summed E-state index contributed by atoms with van der Waals surface area (Å²) >= 11 is 0. The molecule has 192 valence electrons. The lowest BCUT2D eigenvalue weighted by molar-refractivity contribution is 0.0887. The highest BCUT2D eigenvalue weighted by molar-refractivity contribution is 5.92. The average molecular weight is 492 g/mol. The lowest BCUT2D eigenvalue weighted by atomic mass is 9.80. The fourth-order valence-corrected chi connectivity index (χ4v) is 5.57. The molecule has 36 heavy (non-hydrogen) atoms. The van der Waals surface area contributed by atoms with E-state index < -0.39 is 0 Å². The van der Waals surface area contributed by atoms with Gasteiger partial charge >= 0.3 is 0 Å². The summed E-state index contributed by atoms with van der Waals surface area (Å²) in [6.07, 6.45) is 3.49. The zero-order valence-electron chi connectivity index (χ0n) is 21.7. The number of hydrogen-bond donors (Lipinski definition) is 2. The molecule has 1 amide bonds. The molecule has 1 aromatic carbocycles. The Morgan fingerprint density at radius 2 is 1.78 bits per heavy atom. The van der Waals surface area contributed by atoms with Crippen LogP contribution in [0, 0.1) is 42.9 Å². The normalized spacial score (nSPS) is 26.2. The zero-order chi connectivity index (χ0) is 25.8. The summed E-state index contributed by atoms with van der Waals surface area (Å²) < 4.78 is 6.24. The van der Waals surface area contributed by atoms with Gasteiger partial charge in [-0.15, -0.1) is 10.2 Å². The van der Waals surface area contributed by atoms with Crippen LogP contribution >= 0.6 is 0 Å². The summed E-state index contributed by atoms with van der Waals surface area (Å²) in [6.45, 7) is 10.1. The Labute approximate surface area is 213 Å². The van der Waals surface area contributed by atoms with E-state index in [0.29, 0.717) is 29.0 Å². The third kappa shape index (κ3) is 5.62. The van der Waals surface area contributed by atoms with E-state index in [4.69, 9.17) is 4.74 Å². The Bertz CT molecular complexity index is 1090. The number of nitrogens with zero attached hydrogens (tertiary/aromatic N) is 4. The molecule has 0 spiro atoms. The van der Waals surface area contributed by atoms with Crippen LogP contribution in [0.5, 0.6) is 5.75 Å². The van der Waals surface area contributed by atoms with Crippen LogP contribution in [-0.2, 0) is 0 Å². The number of carbonyl (C=O) groups is 1. The largest absolute Gasteiger partial charge is 0.490 e. The van der Waals surface area contributed by atoms with Gasteiger partial charge < -0.3 is 20.1 Å². The van der Waals surface area contributed by atoms with Crippen LogP contribution in [0.3, 0.4) is 0 Å². The number of nitriles is 1. The number of piperidine rings is 1. The van der Waals surface area contributed by atoms with E-state index in [1.165, 1.54) is 0 Å². The van der Waals surface area contributed by atoms with Gasteiger partial charge in [0.15, 0.2) is 11.5 Å². The minimum atomic E-state index is -0.197. The van der Waals surface area contributed by atoms with Crippen molar-refractivity contribution >= 4 is 11.7 Å². The first-order valence-corrected chi connectivity index (χ1v) is 13.0. The summed E-state index contributed by atoms with van der Waals surface area (Å²) in [7, 11) is 0. The fourth-order valence-electron chi connectivity index (χ4n) is 5.57. The number of aliphatic hydroxyl groups excluding tert-OH is 1. The third-order valence-corrected chi connectivity index (χ3v) is 8.06. The number of nitrogens with one attached hydrogen (secondary N) is 1. The van der Waals surface area contributed by atoms with Crippen molar-refractivity contribution in [3.63, 3.8) is 0 Å². The van der Waals surface area contributed by atoms with Crippen molar-refractivity contribution in [2.75, 3.05) is 24.6 Å². The molecule has 1 saturated carbocycles. The monoisotopic (exact) mass is 491 g/mol. The van der Waals surface area contributed by atoms with Crippen LogP contribution < -0.4 is 15.0 Å². The van der Waals surface area contributed by atoms with Gasteiger partial charge in [-0.2, -0.15) is 5.26 Å². The van der Waals surface area contributed by atoms with Crippen molar-refractivity contribution in [3.05, 3.63) is 46.6 Å². The molecule has 1 unspecified atom stereocenters. The molecule has 0 bridgehead atoms. The predicted octanol–water partition coefficient (Wildman–Crippen LogP) is 3.79. The molecular weight excluding hydrogens is 454 g/mol. The molecular formula is C28H37N5O3. The van der Waals surface area contributed by atoms with E-state index in [1.54, 1.807) is 6.07 Å². The smallest absolute Gasteiger partial charge is 0.272 e. The molecule has 3 atom stereocenters. The first-order valence-electron chi connectivity index (χ1n) is 13.0. The number of benzene rings is 1. The number of rotatable bonds is 6. The second-order valence-corrected chi connectivity index (χ2v) is 10.5. The molecule has 2 heterocycles. The van der Waals surface area contributed by atoms with E-state index in [1.807, 2.05) is 32.0 Å². The molecule has 1 saturated heterocycles. The quantitative estimate of drug-likeness (QED) is 0.632. The molecule has 2 aromatic rings. The number of anilines is 1. The number of carbonyl (C=O) groups excluding carboxylic acids is 1. The Hall–Kier alpha value is -3.18. The predicted molar refractivity (Wildman–Crippen MR) is 138 cm³/mol. The van der Waals surface area contributed by atoms with Crippen LogP contribution in [0.15, 0.2) is 24.3 Å². The maximum Gasteiger partial charge on any atom is 0.272 e. The van der Waals surface area contributed by atoms with Crippen LogP contribution in [0.4, 0.5) is 5.82 Å². The van der Waals surface area contributed by atoms with E-state index in [9.17, 15) is 15.2 Å². The lowest BCUT2D eigenvalue weighted by Gasteiger charge is -2.41. The topological polar surface area (TPSA) is 111 Å². The molecule has 1 aliphatic carbocycles. The van der Waals surface area contributed by atoms with Gasteiger partial charge in [-0.1, -0.05) is 13.8 Å². The first-order chi connectivity index (χ1) is 17.3. The molecule has 1 aromatic heterocycles. The maximum atomic E-state index is 12.8. The van der Waals surface area contributed by atoms with Gasteiger partial charge in [-0.3, -0.25) is 4.79 Å². The highest BCUT2D eigenvalue weighted by atomic mass is 16.5. The Balaban J connectivity index is 1.27. The van der Waals surface area contributed by atoms with Gasteiger partial charge in [0.25, 0.3) is 5.91 Å². The number of ether oxygens (including phenoxy) is 1. The molecule has 2 fully saturated rings. The molecule has 8 nitrogen and oxygen atoms in total. The molecule has 1 aliphatic heterocycles. The maximum absolute atomic E-state index is 12.8. The van der Waals surface area contributed by atoms with Gasteiger partial charge in [0.2, 0.25) is 0 Å². The number of amides is 1. The molecule has 8 heteroatoms. The summed E-state index contributed by atoms with van der Waals surface area (Å²) in [4.78, 5) is 15.0. The second kappa shape index (κ2) is 11.3. The van der Waals surface area contributed by atoms with Gasteiger partial charge in [0, 0.05) is 25.7 Å². The van der Waals surface area contributed by atoms with Crippen LogP contribution in [0.2, 0.25) is 0 Å². The fraction of sp³-hybridized carbons (Fsp3) is 0.571. The van der Waals surface area contributed by atoms with Crippen molar-refractivity contribution in [3.8, 4) is 11.8 Å². The first kappa shape index (κ1) is 25.9. The number of hydrogen-bond acceptors (Lipinski definition) is 7. The van der Waals surface area contributed by atoms with E-state index in [2.05, 4.69) is 40.3 Å². The lowest BCUT2D eigenvalue weighted by Crippen LogP contribution is -2.46. The van der Waals surface area contributed by atoms with Gasteiger partial charge in [-0.25, -0.2) is 0 Å². The van der Waals surface area contributed by atoms with Crippen LogP contribution in [0.25, 0.3) is 0 Å². The Morgan fingerprint density at radius 3 is 2.36 bits per heavy atom. The number of aromatic nitrogens is 2. The molecule has 2 aliphatic rings. The summed E-state index contributed by atoms with van der Waals surface area (Å²) in [5, 5.41) is 30.5. The van der Waals surface area contributed by atoms with Gasteiger partial charge in [0.1, 0.15) is 5.75 Å². The van der Waals surface area contributed by atoms with Crippen molar-refractivity contribution in [1.29, 1.82) is 5.26 Å². The van der Waals surface area contributed by atoms with Crippen LogP contribution in [0.1, 0.15) is 66.7 Å². The van der Waals surface area contributed by atoms with Crippen molar-refractivity contribution in [2.24, 2.45) is 17.8 Å². The Kier molecular flexibility index (Phi) is 8.10. The minimum absolute atomic E-state index is 0.0850. The highest BCUT2D eigenvalue weighted by Gasteiger charge is 2.32. The van der Waals surface area contributed by atoms with Crippen molar-refractivity contribution in [1.82, 2.24) is 15.5 Å². The summed E-state index contributed by atoms with van der Waals surface area (Å²) in [6, 6.07) is 9.61. The van der Waals surface area contributed by atoms with E-state index in [-0.39, 0.29) is 24.7 Å². The van der Waals surface area contributed by atoms with Gasteiger partial charge in [0.05, 0.1) is 17.7 Å². The third-order valence-electron chi connectivity index (χ3n) is 8.06.